The van der Waals surface area contributed by atoms with Crippen LogP contribution in [0.3, 0.4) is 0 Å². The summed E-state index contributed by atoms with van der Waals surface area (Å²) >= 11 is 0. The zero-order valence-electron chi connectivity index (χ0n) is 16.3. The molecule has 1 aromatic heterocycles. The van der Waals surface area contributed by atoms with Gasteiger partial charge in [0.05, 0.1) is 22.9 Å². The number of aromatic carboxylic acids is 1. The predicted octanol–water partition coefficient (Wildman–Crippen LogP) is 4.54. The molecule has 0 bridgehead atoms. The van der Waals surface area contributed by atoms with Crippen LogP contribution in [-0.2, 0) is 6.61 Å². The molecule has 7 heteroatoms. The number of rotatable bonds is 6. The Balaban J connectivity index is 1.69. The second-order valence-corrected chi connectivity index (χ2v) is 7.14. The zero-order valence-corrected chi connectivity index (χ0v) is 16.3. The van der Waals surface area contributed by atoms with Crippen LogP contribution < -0.4 is 9.84 Å². The highest BCUT2D eigenvalue weighted by atomic mass is 19.1. The van der Waals surface area contributed by atoms with E-state index in [1.165, 1.54) is 6.07 Å². The van der Waals surface area contributed by atoms with Crippen molar-refractivity contribution >= 4 is 17.1 Å². The van der Waals surface area contributed by atoms with Gasteiger partial charge in [-0.2, -0.15) is 0 Å². The van der Waals surface area contributed by atoms with E-state index in [2.05, 4.69) is 4.98 Å². The third kappa shape index (κ3) is 4.30. The molecule has 0 N–H and O–H groups in total. The lowest BCUT2D eigenvalue weighted by molar-refractivity contribution is -0.255. The molecule has 0 fully saturated rings. The number of carboxylic acids is 1. The third-order valence-electron chi connectivity index (χ3n) is 5.18. The molecule has 0 amide bonds. The number of aromatic nitrogens is 1. The molecular formula is C24H17F3NO3-. The summed E-state index contributed by atoms with van der Waals surface area (Å²) in [7, 11) is 0. The number of ether oxygens (including phenoxy) is 1. The maximum Gasteiger partial charge on any atom is 0.135 e. The topological polar surface area (TPSA) is 62.2 Å². The molecule has 0 saturated carbocycles. The van der Waals surface area contributed by atoms with Gasteiger partial charge in [-0.15, -0.1) is 0 Å². The minimum Gasteiger partial charge on any atom is -0.543 e. The molecule has 0 saturated heterocycles. The number of hydrogen-bond donors (Lipinski definition) is 0. The standard InChI is InChI=1S/C24H18F3NO3/c25-14-11-19(26)18(20(27)12-14)13-31-23-10-2-1-5-17(23)15-6-3-7-16(15)21-8-4-9-22(28-21)24(29)30/h1-2,4-5,8-12H,3,6-7,13H2,(H,29,30)/p-1. The van der Waals surface area contributed by atoms with E-state index < -0.39 is 30.0 Å². The number of nitrogens with zero attached hydrogens (tertiary/aromatic N) is 1. The van der Waals surface area contributed by atoms with Crippen molar-refractivity contribution in [2.75, 3.05) is 0 Å². The van der Waals surface area contributed by atoms with Gasteiger partial charge in [-0.05, 0) is 48.6 Å². The lowest BCUT2D eigenvalue weighted by Gasteiger charge is -2.15. The molecule has 31 heavy (non-hydrogen) atoms. The highest BCUT2D eigenvalue weighted by Gasteiger charge is 2.22. The van der Waals surface area contributed by atoms with Crippen LogP contribution in [0.25, 0.3) is 11.1 Å². The molecule has 0 unspecified atom stereocenters. The maximum atomic E-state index is 14.0. The van der Waals surface area contributed by atoms with Crippen LogP contribution in [0.2, 0.25) is 0 Å². The highest BCUT2D eigenvalue weighted by molar-refractivity contribution is 5.94. The third-order valence-corrected chi connectivity index (χ3v) is 5.18. The molecule has 158 valence electrons. The number of halogens is 3. The Hall–Kier alpha value is -3.61. The lowest BCUT2D eigenvalue weighted by atomic mass is 9.99. The first kappa shape index (κ1) is 20.7. The van der Waals surface area contributed by atoms with E-state index in [4.69, 9.17) is 4.74 Å². The SMILES string of the molecule is O=C([O-])c1cccc(C2=C(c3ccccc3OCc3c(F)cc(F)cc3F)CCC2)n1. The maximum absolute atomic E-state index is 14.0. The summed E-state index contributed by atoms with van der Waals surface area (Å²) in [6, 6.07) is 13.0. The number of pyridine rings is 1. The molecule has 1 aliphatic rings. The Labute approximate surface area is 176 Å². The van der Waals surface area contributed by atoms with Crippen molar-refractivity contribution in [1.82, 2.24) is 4.98 Å². The van der Waals surface area contributed by atoms with E-state index in [0.717, 1.165) is 23.1 Å². The molecular weight excluding hydrogens is 407 g/mol. The number of carbonyl (C=O) groups excluding carboxylic acids is 1. The van der Waals surface area contributed by atoms with Crippen molar-refractivity contribution in [3.05, 3.63) is 94.6 Å². The van der Waals surface area contributed by atoms with E-state index in [-0.39, 0.29) is 11.3 Å². The second kappa shape index (κ2) is 8.63. The van der Waals surface area contributed by atoms with Gasteiger partial charge in [0.1, 0.15) is 29.8 Å². The van der Waals surface area contributed by atoms with E-state index in [1.54, 1.807) is 24.3 Å². The van der Waals surface area contributed by atoms with Crippen LogP contribution in [0.5, 0.6) is 5.75 Å². The monoisotopic (exact) mass is 424 g/mol. The summed E-state index contributed by atoms with van der Waals surface area (Å²) in [5.41, 5.74) is 2.58. The number of allylic oxidation sites excluding steroid dienone is 2. The molecule has 0 atom stereocenters. The molecule has 0 spiro atoms. The van der Waals surface area contributed by atoms with Gasteiger partial charge in [0, 0.05) is 17.7 Å². The first-order chi connectivity index (χ1) is 14.9. The summed E-state index contributed by atoms with van der Waals surface area (Å²) in [4.78, 5) is 15.4. The van der Waals surface area contributed by atoms with Gasteiger partial charge < -0.3 is 14.6 Å². The largest absolute Gasteiger partial charge is 0.543 e. The van der Waals surface area contributed by atoms with Crippen LogP contribution >= 0.6 is 0 Å². The Kier molecular flexibility index (Phi) is 5.75. The van der Waals surface area contributed by atoms with Crippen LogP contribution in [-0.4, -0.2) is 11.0 Å². The molecule has 0 aliphatic heterocycles. The van der Waals surface area contributed by atoms with Gasteiger partial charge in [-0.3, -0.25) is 0 Å². The zero-order chi connectivity index (χ0) is 22.0. The molecule has 1 heterocycles. The second-order valence-electron chi connectivity index (χ2n) is 7.14. The van der Waals surface area contributed by atoms with Gasteiger partial charge in [0.25, 0.3) is 0 Å². The van der Waals surface area contributed by atoms with Gasteiger partial charge in [0.2, 0.25) is 0 Å². The van der Waals surface area contributed by atoms with Crippen molar-refractivity contribution in [1.29, 1.82) is 0 Å². The minimum atomic E-state index is -1.35. The van der Waals surface area contributed by atoms with Gasteiger partial charge in [0.15, 0.2) is 0 Å². The Bertz CT molecular complexity index is 1170. The van der Waals surface area contributed by atoms with Crippen molar-refractivity contribution < 1.29 is 27.8 Å². The fraction of sp³-hybridized carbons (Fsp3) is 0.167. The van der Waals surface area contributed by atoms with Crippen molar-refractivity contribution in [2.24, 2.45) is 0 Å². The summed E-state index contributed by atoms with van der Waals surface area (Å²) in [6.07, 6.45) is 2.26. The van der Waals surface area contributed by atoms with Gasteiger partial charge in [-0.25, -0.2) is 18.2 Å². The Morgan fingerprint density at radius 1 is 0.968 bits per heavy atom. The summed E-state index contributed by atoms with van der Waals surface area (Å²) in [5, 5.41) is 11.2. The number of hydrogen-bond acceptors (Lipinski definition) is 4. The molecule has 2 aromatic carbocycles. The van der Waals surface area contributed by atoms with Crippen molar-refractivity contribution in [3.63, 3.8) is 0 Å². The molecule has 1 aliphatic carbocycles. The summed E-state index contributed by atoms with van der Waals surface area (Å²) < 4.78 is 46.8. The van der Waals surface area contributed by atoms with E-state index in [0.29, 0.717) is 36.4 Å². The van der Waals surface area contributed by atoms with Crippen molar-refractivity contribution in [3.8, 4) is 5.75 Å². The van der Waals surface area contributed by atoms with E-state index >= 15 is 0 Å². The average Bonchev–Trinajstić information content (AvgIpc) is 3.23. The number of para-hydroxylation sites is 1. The Morgan fingerprint density at radius 2 is 1.68 bits per heavy atom. The molecule has 0 radical (unpaired) electrons. The Morgan fingerprint density at radius 3 is 2.42 bits per heavy atom. The lowest BCUT2D eigenvalue weighted by Crippen LogP contribution is -2.23. The van der Waals surface area contributed by atoms with Crippen LogP contribution in [0.4, 0.5) is 13.2 Å². The van der Waals surface area contributed by atoms with Gasteiger partial charge in [-0.1, -0.05) is 24.3 Å². The molecule has 4 nitrogen and oxygen atoms in total. The number of carbonyl (C=O) groups is 1. The van der Waals surface area contributed by atoms with E-state index in [9.17, 15) is 23.1 Å². The fourth-order valence-corrected chi connectivity index (χ4v) is 3.74. The molecule has 4 rings (SSSR count). The predicted molar refractivity (Wildman–Crippen MR) is 106 cm³/mol. The molecule has 3 aromatic rings. The van der Waals surface area contributed by atoms with Crippen molar-refractivity contribution in [2.45, 2.75) is 25.9 Å². The highest BCUT2D eigenvalue weighted by Crippen LogP contribution is 2.42. The van der Waals surface area contributed by atoms with Crippen LogP contribution in [0.15, 0.2) is 54.6 Å². The van der Waals surface area contributed by atoms with Crippen LogP contribution in [0, 0.1) is 17.5 Å². The first-order valence-corrected chi connectivity index (χ1v) is 9.70. The van der Waals surface area contributed by atoms with E-state index in [1.807, 2.05) is 12.1 Å². The smallest absolute Gasteiger partial charge is 0.135 e. The normalized spacial score (nSPS) is 13.5. The van der Waals surface area contributed by atoms with Crippen LogP contribution in [0.1, 0.15) is 46.6 Å². The number of carboxylic acid groups (broad SMARTS) is 1. The first-order valence-electron chi connectivity index (χ1n) is 9.70. The average molecular weight is 424 g/mol. The quantitative estimate of drug-likeness (QED) is 0.583. The summed E-state index contributed by atoms with van der Waals surface area (Å²) in [6.45, 7) is -0.407. The minimum absolute atomic E-state index is 0.150. The summed E-state index contributed by atoms with van der Waals surface area (Å²) in [5.74, 6) is -3.96. The van der Waals surface area contributed by atoms with Gasteiger partial charge >= 0.3 is 0 Å². The number of benzene rings is 2. The fourth-order valence-electron chi connectivity index (χ4n) is 3.74.